The molecule has 6 heteroatoms. The maximum Gasteiger partial charge on any atom is 0.159 e. The Labute approximate surface area is 125 Å². The Morgan fingerprint density at radius 2 is 1.80 bits per heavy atom. The summed E-state index contributed by atoms with van der Waals surface area (Å²) in [5, 5.41) is 18.2. The monoisotopic (exact) mass is 308 g/mol. The summed E-state index contributed by atoms with van der Waals surface area (Å²) in [4.78, 5) is 11.3. The Morgan fingerprint density at radius 3 is 2.50 bits per heavy atom. The second-order valence-corrected chi connectivity index (χ2v) is 4.82. The number of hydrogen-bond acceptors (Lipinski definition) is 4. The van der Waals surface area contributed by atoms with Gasteiger partial charge in [-0.3, -0.25) is 4.79 Å². The van der Waals surface area contributed by atoms with Crippen LogP contribution in [0.15, 0.2) is 46.6 Å². The zero-order valence-electron chi connectivity index (χ0n) is 10.5. The second-order valence-electron chi connectivity index (χ2n) is 4.03. The molecule has 20 heavy (non-hydrogen) atoms. The fraction of sp³-hybridized carbons (Fsp3) is 0.0714. The van der Waals surface area contributed by atoms with Crippen molar-refractivity contribution in [2.75, 3.05) is 0 Å². The van der Waals surface area contributed by atoms with E-state index >= 15 is 0 Å². The smallest absolute Gasteiger partial charge is 0.159 e. The van der Waals surface area contributed by atoms with Gasteiger partial charge in [-0.1, -0.05) is 29.3 Å². The third-order valence-corrected chi connectivity index (χ3v) is 3.39. The van der Waals surface area contributed by atoms with Crippen molar-refractivity contribution in [1.82, 2.24) is 0 Å². The predicted molar refractivity (Wildman–Crippen MR) is 78.7 cm³/mol. The number of Topliss-reactive ketones (excluding diaryl/α,β-unsaturated/α-hetero) is 1. The maximum absolute atomic E-state index is 11.3. The molecule has 0 aliphatic rings. The lowest BCUT2D eigenvalue weighted by Crippen LogP contribution is -1.90. The first kappa shape index (κ1) is 14.5. The first-order valence-corrected chi connectivity index (χ1v) is 6.44. The molecule has 4 nitrogen and oxygen atoms in total. The average molecular weight is 309 g/mol. The fourth-order valence-electron chi connectivity index (χ4n) is 1.50. The summed E-state index contributed by atoms with van der Waals surface area (Å²) in [6.45, 7) is 1.43. The highest BCUT2D eigenvalue weighted by atomic mass is 35.5. The van der Waals surface area contributed by atoms with Crippen LogP contribution in [0.2, 0.25) is 10.0 Å². The number of phenolic OH excluding ortho intramolecular Hbond substituents is 1. The molecule has 2 rings (SSSR count). The summed E-state index contributed by atoms with van der Waals surface area (Å²) in [6, 6.07) is 9.34. The van der Waals surface area contributed by atoms with Crippen molar-refractivity contribution >= 4 is 40.4 Å². The van der Waals surface area contributed by atoms with Crippen molar-refractivity contribution in [3.63, 3.8) is 0 Å². The standard InChI is InChI=1S/C14H10Cl2N2O2/c1-8(19)9-5-6-13(20)12(7-9)18-17-11-4-2-3-10(15)14(11)16/h2-7,20H,1H3. The predicted octanol–water partition coefficient (Wildman–Crippen LogP) is 5.32. The second kappa shape index (κ2) is 6.03. The number of benzene rings is 2. The Hall–Kier alpha value is -1.91. The molecule has 0 radical (unpaired) electrons. The third-order valence-electron chi connectivity index (χ3n) is 2.58. The molecule has 0 fully saturated rings. The van der Waals surface area contributed by atoms with E-state index < -0.39 is 0 Å². The molecule has 2 aromatic carbocycles. The molecule has 0 saturated carbocycles. The summed E-state index contributed by atoms with van der Waals surface area (Å²) in [6.07, 6.45) is 0. The molecule has 0 aromatic heterocycles. The van der Waals surface area contributed by atoms with Crippen LogP contribution in [0, 0.1) is 0 Å². The van der Waals surface area contributed by atoms with Crippen LogP contribution in [0.1, 0.15) is 17.3 Å². The molecular formula is C14H10Cl2N2O2. The van der Waals surface area contributed by atoms with Gasteiger partial charge in [-0.05, 0) is 37.3 Å². The van der Waals surface area contributed by atoms with Gasteiger partial charge in [0.1, 0.15) is 17.1 Å². The minimum Gasteiger partial charge on any atom is -0.506 e. The number of carbonyl (C=O) groups excluding carboxylic acids is 1. The largest absolute Gasteiger partial charge is 0.506 e. The quantitative estimate of drug-likeness (QED) is 0.616. The van der Waals surface area contributed by atoms with E-state index in [1.807, 2.05) is 0 Å². The molecule has 2 aromatic rings. The van der Waals surface area contributed by atoms with E-state index in [1.165, 1.54) is 25.1 Å². The van der Waals surface area contributed by atoms with Crippen molar-refractivity contribution in [1.29, 1.82) is 0 Å². The van der Waals surface area contributed by atoms with Crippen LogP contribution >= 0.6 is 23.2 Å². The molecule has 1 N–H and O–H groups in total. The van der Waals surface area contributed by atoms with Gasteiger partial charge in [-0.15, -0.1) is 10.2 Å². The van der Waals surface area contributed by atoms with E-state index in [2.05, 4.69) is 10.2 Å². The lowest BCUT2D eigenvalue weighted by Gasteiger charge is -2.01. The van der Waals surface area contributed by atoms with Crippen LogP contribution < -0.4 is 0 Å². The number of rotatable bonds is 3. The lowest BCUT2D eigenvalue weighted by molar-refractivity contribution is 0.101. The molecule has 0 amide bonds. The normalized spacial score (nSPS) is 10.9. The number of carbonyl (C=O) groups is 1. The minimum absolute atomic E-state index is 0.0723. The van der Waals surface area contributed by atoms with Gasteiger partial charge >= 0.3 is 0 Å². The van der Waals surface area contributed by atoms with Crippen molar-refractivity contribution in [2.24, 2.45) is 10.2 Å². The Bertz CT molecular complexity index is 700. The van der Waals surface area contributed by atoms with E-state index in [0.717, 1.165) is 0 Å². The number of nitrogens with zero attached hydrogens (tertiary/aromatic N) is 2. The number of azo groups is 1. The van der Waals surface area contributed by atoms with Crippen molar-refractivity contribution in [3.05, 3.63) is 52.0 Å². The number of hydrogen-bond donors (Lipinski definition) is 1. The highest BCUT2D eigenvalue weighted by Crippen LogP contribution is 2.34. The molecule has 0 saturated heterocycles. The van der Waals surface area contributed by atoms with E-state index in [-0.39, 0.29) is 22.2 Å². The summed E-state index contributed by atoms with van der Waals surface area (Å²) in [5.74, 6) is -0.195. The molecule has 0 aliphatic carbocycles. The molecule has 0 spiro atoms. The van der Waals surface area contributed by atoms with Crippen LogP contribution in [0.5, 0.6) is 5.75 Å². The van der Waals surface area contributed by atoms with Crippen LogP contribution in [0.4, 0.5) is 11.4 Å². The number of aromatic hydroxyl groups is 1. The van der Waals surface area contributed by atoms with Gasteiger partial charge < -0.3 is 5.11 Å². The SMILES string of the molecule is CC(=O)c1ccc(O)c(N=Nc2cccc(Cl)c2Cl)c1. The molecular weight excluding hydrogens is 299 g/mol. The zero-order chi connectivity index (χ0) is 14.7. The van der Waals surface area contributed by atoms with Gasteiger partial charge in [0.25, 0.3) is 0 Å². The van der Waals surface area contributed by atoms with Crippen LogP contribution in [0.25, 0.3) is 0 Å². The maximum atomic E-state index is 11.3. The van der Waals surface area contributed by atoms with Gasteiger partial charge in [-0.2, -0.15) is 0 Å². The zero-order valence-corrected chi connectivity index (χ0v) is 12.0. The molecule has 0 bridgehead atoms. The summed E-state index contributed by atoms with van der Waals surface area (Å²) >= 11 is 11.8. The van der Waals surface area contributed by atoms with E-state index in [9.17, 15) is 9.90 Å². The molecule has 102 valence electrons. The van der Waals surface area contributed by atoms with Crippen molar-refractivity contribution in [2.45, 2.75) is 6.92 Å². The van der Waals surface area contributed by atoms with Crippen LogP contribution in [0.3, 0.4) is 0 Å². The molecule has 0 unspecified atom stereocenters. The summed E-state index contributed by atoms with van der Waals surface area (Å²) in [5.41, 5.74) is 1.01. The van der Waals surface area contributed by atoms with Crippen molar-refractivity contribution < 1.29 is 9.90 Å². The van der Waals surface area contributed by atoms with Gasteiger partial charge in [-0.25, -0.2) is 0 Å². The average Bonchev–Trinajstić information content (AvgIpc) is 2.41. The molecule has 0 atom stereocenters. The topological polar surface area (TPSA) is 62.0 Å². The number of phenols is 1. The fourth-order valence-corrected chi connectivity index (χ4v) is 1.83. The third kappa shape index (κ3) is 3.15. The molecule has 0 heterocycles. The van der Waals surface area contributed by atoms with Gasteiger partial charge in [0.05, 0.1) is 10.0 Å². The Balaban J connectivity index is 2.38. The highest BCUT2D eigenvalue weighted by molar-refractivity contribution is 6.43. The van der Waals surface area contributed by atoms with Gasteiger partial charge in [0.15, 0.2) is 5.78 Å². The van der Waals surface area contributed by atoms with Crippen LogP contribution in [-0.2, 0) is 0 Å². The number of ketones is 1. The highest BCUT2D eigenvalue weighted by Gasteiger charge is 2.07. The summed E-state index contributed by atoms with van der Waals surface area (Å²) < 4.78 is 0. The Morgan fingerprint density at radius 1 is 1.10 bits per heavy atom. The van der Waals surface area contributed by atoms with Crippen LogP contribution in [-0.4, -0.2) is 10.9 Å². The Kier molecular flexibility index (Phi) is 4.37. The van der Waals surface area contributed by atoms with Gasteiger partial charge in [0.2, 0.25) is 0 Å². The first-order valence-electron chi connectivity index (χ1n) is 5.68. The van der Waals surface area contributed by atoms with E-state index in [0.29, 0.717) is 16.3 Å². The first-order chi connectivity index (χ1) is 9.49. The molecule has 0 aliphatic heterocycles. The van der Waals surface area contributed by atoms with E-state index in [1.54, 1.807) is 18.2 Å². The lowest BCUT2D eigenvalue weighted by atomic mass is 10.1. The minimum atomic E-state index is -0.123. The number of halogens is 2. The van der Waals surface area contributed by atoms with Crippen molar-refractivity contribution in [3.8, 4) is 5.75 Å². The van der Waals surface area contributed by atoms with E-state index in [4.69, 9.17) is 23.2 Å². The summed E-state index contributed by atoms with van der Waals surface area (Å²) in [7, 11) is 0. The van der Waals surface area contributed by atoms with Gasteiger partial charge in [0, 0.05) is 5.56 Å².